The maximum atomic E-state index is 11.8. The van der Waals surface area contributed by atoms with Crippen LogP contribution in [0.15, 0.2) is 67.2 Å². The lowest BCUT2D eigenvalue weighted by Crippen LogP contribution is -2.08. The number of carbonyl (C=O) groups is 1. The summed E-state index contributed by atoms with van der Waals surface area (Å²) in [4.78, 5) is 11.8. The van der Waals surface area contributed by atoms with Gasteiger partial charge in [0.25, 0.3) is 0 Å². The van der Waals surface area contributed by atoms with Crippen LogP contribution in [-0.2, 0) is 16.0 Å². The quantitative estimate of drug-likeness (QED) is 0.450. The van der Waals surface area contributed by atoms with E-state index in [0.29, 0.717) is 12.2 Å². The first-order valence-electron chi connectivity index (χ1n) is 6.73. The number of hydrogen-bond donors (Lipinski definition) is 0. The van der Waals surface area contributed by atoms with Gasteiger partial charge >= 0.3 is 5.97 Å². The molecule has 0 saturated carbocycles. The van der Waals surface area contributed by atoms with Gasteiger partial charge in [0.1, 0.15) is 0 Å². The molecule has 0 unspecified atom stereocenters. The summed E-state index contributed by atoms with van der Waals surface area (Å²) in [5.41, 5.74) is 2.47. The Morgan fingerprint density at radius 3 is 2.20 bits per heavy atom. The molecule has 0 aliphatic rings. The van der Waals surface area contributed by atoms with E-state index in [4.69, 9.17) is 4.74 Å². The summed E-state index contributed by atoms with van der Waals surface area (Å²) in [6.07, 6.45) is 1.73. The smallest absolute Gasteiger partial charge is 0.338 e. The van der Waals surface area contributed by atoms with E-state index in [1.54, 1.807) is 0 Å². The fourth-order valence-electron chi connectivity index (χ4n) is 1.93. The van der Waals surface area contributed by atoms with Crippen molar-refractivity contribution in [3.8, 4) is 0 Å². The topological polar surface area (TPSA) is 26.3 Å². The van der Waals surface area contributed by atoms with Crippen LogP contribution in [0.4, 0.5) is 0 Å². The molecule has 0 fully saturated rings. The zero-order valence-electron chi connectivity index (χ0n) is 11.4. The highest BCUT2D eigenvalue weighted by Crippen LogP contribution is 2.13. The number of hydrogen-bond acceptors (Lipinski definition) is 2. The highest BCUT2D eigenvalue weighted by molar-refractivity contribution is 6.15. The molecule has 2 heteroatoms. The van der Waals surface area contributed by atoms with Crippen molar-refractivity contribution in [1.29, 1.82) is 0 Å². The van der Waals surface area contributed by atoms with E-state index in [1.807, 2.05) is 48.5 Å². The molecule has 0 atom stereocenters. The minimum atomic E-state index is -0.343. The Bertz CT molecular complexity index is 558. The molecule has 0 bridgehead atoms. The summed E-state index contributed by atoms with van der Waals surface area (Å²) < 4.78 is 5.24. The van der Waals surface area contributed by atoms with Gasteiger partial charge in [0.15, 0.2) is 0 Å². The maximum absolute atomic E-state index is 11.8. The van der Waals surface area contributed by atoms with E-state index in [-0.39, 0.29) is 5.97 Å². The van der Waals surface area contributed by atoms with E-state index in [2.05, 4.69) is 18.7 Å². The lowest BCUT2D eigenvalue weighted by atomic mass is 10.1. The van der Waals surface area contributed by atoms with Gasteiger partial charge in [-0.3, -0.25) is 0 Å². The molecule has 2 aromatic carbocycles. The Morgan fingerprint density at radius 1 is 0.950 bits per heavy atom. The van der Waals surface area contributed by atoms with E-state index in [9.17, 15) is 4.79 Å². The van der Waals surface area contributed by atoms with Crippen LogP contribution in [0.1, 0.15) is 17.5 Å². The van der Waals surface area contributed by atoms with Crippen molar-refractivity contribution >= 4 is 11.5 Å². The standard InChI is InChI=1S/C18H18O2/c1-15(17-12-6-3-7-13-17)18(19)20-14-8-11-16-9-4-2-5-10-16/h2-7,9-10,12-13H,1,8,11,14H2. The predicted octanol–water partition coefficient (Wildman–Crippen LogP) is 3.88. The average Bonchev–Trinajstić information content (AvgIpc) is 2.52. The van der Waals surface area contributed by atoms with Crippen LogP contribution in [-0.4, -0.2) is 12.6 Å². The molecule has 0 aliphatic carbocycles. The first-order chi connectivity index (χ1) is 9.77. The van der Waals surface area contributed by atoms with Crippen molar-refractivity contribution in [2.75, 3.05) is 6.61 Å². The van der Waals surface area contributed by atoms with Crippen LogP contribution in [0.5, 0.6) is 0 Å². The molecule has 2 rings (SSSR count). The van der Waals surface area contributed by atoms with Crippen molar-refractivity contribution in [3.63, 3.8) is 0 Å². The number of rotatable bonds is 6. The normalized spacial score (nSPS) is 10.0. The predicted molar refractivity (Wildman–Crippen MR) is 81.2 cm³/mol. The summed E-state index contributed by atoms with van der Waals surface area (Å²) in [7, 11) is 0. The van der Waals surface area contributed by atoms with Gasteiger partial charge in [-0.05, 0) is 24.0 Å². The highest BCUT2D eigenvalue weighted by Gasteiger charge is 2.09. The van der Waals surface area contributed by atoms with Crippen molar-refractivity contribution < 1.29 is 9.53 Å². The number of benzene rings is 2. The maximum Gasteiger partial charge on any atom is 0.338 e. The number of carbonyl (C=O) groups excluding carboxylic acids is 1. The van der Waals surface area contributed by atoms with E-state index in [1.165, 1.54) is 5.56 Å². The molecule has 0 N–H and O–H groups in total. The molecule has 0 spiro atoms. The fourth-order valence-corrected chi connectivity index (χ4v) is 1.93. The van der Waals surface area contributed by atoms with E-state index >= 15 is 0 Å². The summed E-state index contributed by atoms with van der Waals surface area (Å²) in [5, 5.41) is 0. The van der Waals surface area contributed by atoms with Gasteiger partial charge in [0.05, 0.1) is 12.2 Å². The van der Waals surface area contributed by atoms with Crippen molar-refractivity contribution in [2.24, 2.45) is 0 Å². The molecule has 0 radical (unpaired) electrons. The number of aryl methyl sites for hydroxylation is 1. The Kier molecular flexibility index (Phi) is 5.13. The fraction of sp³-hybridized carbons (Fsp3) is 0.167. The third-order valence-corrected chi connectivity index (χ3v) is 3.05. The van der Waals surface area contributed by atoms with Gasteiger partial charge in [0.2, 0.25) is 0 Å². The second-order valence-corrected chi connectivity index (χ2v) is 4.57. The summed E-state index contributed by atoms with van der Waals surface area (Å²) >= 11 is 0. The van der Waals surface area contributed by atoms with Gasteiger partial charge in [-0.15, -0.1) is 0 Å². The Hall–Kier alpha value is -2.35. The third-order valence-electron chi connectivity index (χ3n) is 3.05. The van der Waals surface area contributed by atoms with Crippen LogP contribution in [0.3, 0.4) is 0 Å². The van der Waals surface area contributed by atoms with Gasteiger partial charge in [-0.2, -0.15) is 0 Å². The second-order valence-electron chi connectivity index (χ2n) is 4.57. The van der Waals surface area contributed by atoms with Gasteiger partial charge in [0, 0.05) is 0 Å². The second kappa shape index (κ2) is 7.29. The Balaban J connectivity index is 1.74. The molecule has 102 valence electrons. The third kappa shape index (κ3) is 4.09. The average molecular weight is 266 g/mol. The van der Waals surface area contributed by atoms with Crippen molar-refractivity contribution in [3.05, 3.63) is 78.4 Å². The molecular weight excluding hydrogens is 248 g/mol. The Labute approximate surface area is 119 Å². The number of esters is 1. The molecule has 0 amide bonds. The van der Waals surface area contributed by atoms with Crippen LogP contribution in [0.25, 0.3) is 5.57 Å². The molecule has 0 heterocycles. The molecule has 20 heavy (non-hydrogen) atoms. The highest BCUT2D eigenvalue weighted by atomic mass is 16.5. The van der Waals surface area contributed by atoms with Crippen molar-refractivity contribution in [1.82, 2.24) is 0 Å². The zero-order chi connectivity index (χ0) is 14.2. The first-order valence-corrected chi connectivity index (χ1v) is 6.73. The van der Waals surface area contributed by atoms with E-state index in [0.717, 1.165) is 18.4 Å². The monoisotopic (exact) mass is 266 g/mol. The van der Waals surface area contributed by atoms with Crippen molar-refractivity contribution in [2.45, 2.75) is 12.8 Å². The molecule has 0 aliphatic heterocycles. The number of ether oxygens (including phenoxy) is 1. The van der Waals surface area contributed by atoms with Crippen LogP contribution >= 0.6 is 0 Å². The lowest BCUT2D eigenvalue weighted by molar-refractivity contribution is -0.136. The minimum absolute atomic E-state index is 0.343. The van der Waals surface area contributed by atoms with Gasteiger partial charge in [-0.1, -0.05) is 67.2 Å². The van der Waals surface area contributed by atoms with Crippen LogP contribution in [0.2, 0.25) is 0 Å². The van der Waals surface area contributed by atoms with Crippen LogP contribution < -0.4 is 0 Å². The SMILES string of the molecule is C=C(C(=O)OCCCc1ccccc1)c1ccccc1. The molecule has 2 nitrogen and oxygen atoms in total. The minimum Gasteiger partial charge on any atom is -0.462 e. The summed E-state index contributed by atoms with van der Waals surface area (Å²) in [6.45, 7) is 4.20. The molecular formula is C18H18O2. The zero-order valence-corrected chi connectivity index (χ0v) is 11.4. The first kappa shape index (κ1) is 14.1. The Morgan fingerprint density at radius 2 is 1.55 bits per heavy atom. The van der Waals surface area contributed by atoms with E-state index < -0.39 is 0 Å². The van der Waals surface area contributed by atoms with Crippen LogP contribution in [0, 0.1) is 0 Å². The molecule has 0 aromatic heterocycles. The summed E-state index contributed by atoms with van der Waals surface area (Å²) in [6, 6.07) is 19.5. The van der Waals surface area contributed by atoms with Gasteiger partial charge < -0.3 is 4.74 Å². The largest absolute Gasteiger partial charge is 0.462 e. The molecule has 2 aromatic rings. The van der Waals surface area contributed by atoms with Gasteiger partial charge in [-0.25, -0.2) is 4.79 Å². The molecule has 0 saturated heterocycles. The lowest BCUT2D eigenvalue weighted by Gasteiger charge is -2.07. The summed E-state index contributed by atoms with van der Waals surface area (Å²) in [5.74, 6) is -0.343.